The third-order valence-electron chi connectivity index (χ3n) is 5.04. The maximum Gasteiger partial charge on any atom is 0.313 e. The zero-order valence-electron chi connectivity index (χ0n) is 15.7. The topological polar surface area (TPSA) is 76.7 Å². The van der Waals surface area contributed by atoms with Crippen LogP contribution >= 0.6 is 11.6 Å². The minimum atomic E-state index is -0.768. The highest BCUT2D eigenvalue weighted by atomic mass is 35.5. The van der Waals surface area contributed by atoms with Crippen molar-refractivity contribution in [2.45, 2.75) is 18.3 Å². The number of ether oxygens (including phenoxy) is 2. The van der Waals surface area contributed by atoms with Gasteiger partial charge in [-0.3, -0.25) is 9.59 Å². The molecule has 0 spiro atoms. The van der Waals surface area contributed by atoms with Gasteiger partial charge in [-0.25, -0.2) is 0 Å². The largest absolute Gasteiger partial charge is 0.495 e. The van der Waals surface area contributed by atoms with Gasteiger partial charge >= 0.3 is 11.8 Å². The number of benzene rings is 2. The summed E-state index contributed by atoms with van der Waals surface area (Å²) in [5, 5.41) is 5.77. The first-order valence-electron chi connectivity index (χ1n) is 9.10. The van der Waals surface area contributed by atoms with Crippen molar-refractivity contribution in [3.63, 3.8) is 0 Å². The van der Waals surface area contributed by atoms with Gasteiger partial charge in [0.1, 0.15) is 5.75 Å². The van der Waals surface area contributed by atoms with Gasteiger partial charge in [0.15, 0.2) is 0 Å². The van der Waals surface area contributed by atoms with E-state index in [1.807, 2.05) is 30.3 Å². The van der Waals surface area contributed by atoms with Crippen LogP contribution in [-0.2, 0) is 19.7 Å². The Hall–Kier alpha value is -2.57. The molecule has 148 valence electrons. The number of carbonyl (C=O) groups excluding carboxylic acids is 2. The van der Waals surface area contributed by atoms with Crippen LogP contribution in [0.2, 0.25) is 5.02 Å². The van der Waals surface area contributed by atoms with Gasteiger partial charge in [0, 0.05) is 30.2 Å². The molecule has 7 heteroatoms. The van der Waals surface area contributed by atoms with Gasteiger partial charge in [-0.1, -0.05) is 41.9 Å². The summed E-state index contributed by atoms with van der Waals surface area (Å²) in [4.78, 5) is 24.8. The van der Waals surface area contributed by atoms with E-state index in [-0.39, 0.29) is 5.41 Å². The van der Waals surface area contributed by atoms with Crippen molar-refractivity contribution in [2.24, 2.45) is 0 Å². The van der Waals surface area contributed by atoms with Crippen LogP contribution in [0.15, 0.2) is 48.5 Å². The predicted molar refractivity (Wildman–Crippen MR) is 108 cm³/mol. The molecule has 0 saturated carbocycles. The number of amides is 2. The van der Waals surface area contributed by atoms with E-state index in [9.17, 15) is 9.59 Å². The van der Waals surface area contributed by atoms with E-state index in [1.165, 1.54) is 13.2 Å². The lowest BCUT2D eigenvalue weighted by atomic mass is 9.74. The molecular weight excluding hydrogens is 380 g/mol. The smallest absolute Gasteiger partial charge is 0.313 e. The molecular formula is C21H23ClN2O4. The summed E-state index contributed by atoms with van der Waals surface area (Å²) in [6.45, 7) is 1.60. The number of carbonyl (C=O) groups is 2. The van der Waals surface area contributed by atoms with Crippen LogP contribution in [0.3, 0.4) is 0 Å². The first kappa shape index (κ1) is 20.2. The maximum absolute atomic E-state index is 12.4. The average Bonchev–Trinajstić information content (AvgIpc) is 2.73. The Morgan fingerprint density at radius 2 is 1.82 bits per heavy atom. The highest BCUT2D eigenvalue weighted by Crippen LogP contribution is 2.34. The second-order valence-electron chi connectivity index (χ2n) is 6.74. The Morgan fingerprint density at radius 1 is 1.11 bits per heavy atom. The SMILES string of the molecule is COc1ccc(Cl)cc1NC(=O)C(=O)NCC1(c2ccccc2)CCOCC1. The monoisotopic (exact) mass is 402 g/mol. The van der Waals surface area contributed by atoms with E-state index in [2.05, 4.69) is 10.6 Å². The second kappa shape index (κ2) is 9.08. The zero-order valence-corrected chi connectivity index (χ0v) is 16.4. The van der Waals surface area contributed by atoms with Gasteiger partial charge < -0.3 is 20.1 Å². The van der Waals surface area contributed by atoms with Crippen LogP contribution in [0, 0.1) is 0 Å². The molecule has 2 N–H and O–H groups in total. The fraction of sp³-hybridized carbons (Fsp3) is 0.333. The number of anilines is 1. The first-order valence-corrected chi connectivity index (χ1v) is 9.48. The van der Waals surface area contributed by atoms with E-state index >= 15 is 0 Å². The highest BCUT2D eigenvalue weighted by Gasteiger charge is 2.35. The molecule has 28 heavy (non-hydrogen) atoms. The summed E-state index contributed by atoms with van der Waals surface area (Å²) in [6.07, 6.45) is 1.56. The number of methoxy groups -OCH3 is 1. The summed E-state index contributed by atoms with van der Waals surface area (Å²) in [7, 11) is 1.48. The van der Waals surface area contributed by atoms with Gasteiger partial charge in [-0.2, -0.15) is 0 Å². The van der Waals surface area contributed by atoms with Crippen molar-refractivity contribution < 1.29 is 19.1 Å². The number of hydrogen-bond donors (Lipinski definition) is 2. The van der Waals surface area contributed by atoms with Gasteiger partial charge in [0.05, 0.1) is 12.8 Å². The van der Waals surface area contributed by atoms with Crippen LogP contribution in [0.5, 0.6) is 5.75 Å². The molecule has 1 fully saturated rings. The minimum absolute atomic E-state index is 0.247. The van der Waals surface area contributed by atoms with Crippen molar-refractivity contribution in [2.75, 3.05) is 32.2 Å². The van der Waals surface area contributed by atoms with Crippen molar-refractivity contribution in [1.82, 2.24) is 5.32 Å². The third-order valence-corrected chi connectivity index (χ3v) is 5.27. The molecule has 0 aromatic heterocycles. The number of halogens is 1. The summed E-state index contributed by atoms with van der Waals surface area (Å²) in [5.41, 5.74) is 1.23. The van der Waals surface area contributed by atoms with E-state index in [1.54, 1.807) is 12.1 Å². The van der Waals surface area contributed by atoms with Gasteiger partial charge in [-0.05, 0) is 36.6 Å². The van der Waals surface area contributed by atoms with E-state index in [0.717, 1.165) is 18.4 Å². The van der Waals surface area contributed by atoms with Crippen molar-refractivity contribution in [3.05, 3.63) is 59.1 Å². The lowest BCUT2D eigenvalue weighted by Gasteiger charge is -2.37. The summed E-state index contributed by atoms with van der Waals surface area (Å²) < 4.78 is 10.7. The molecule has 2 amide bonds. The molecule has 0 aliphatic carbocycles. The second-order valence-corrected chi connectivity index (χ2v) is 7.18. The molecule has 0 unspecified atom stereocenters. The Labute approximate surface area is 169 Å². The van der Waals surface area contributed by atoms with Gasteiger partial charge in [0.2, 0.25) is 0 Å². The lowest BCUT2D eigenvalue weighted by Crippen LogP contribution is -2.47. The van der Waals surface area contributed by atoms with Gasteiger partial charge in [-0.15, -0.1) is 0 Å². The maximum atomic E-state index is 12.4. The average molecular weight is 403 g/mol. The summed E-state index contributed by atoms with van der Waals surface area (Å²) >= 11 is 5.97. The number of nitrogens with one attached hydrogen (secondary N) is 2. The molecule has 1 heterocycles. The zero-order chi connectivity index (χ0) is 20.0. The molecule has 1 aliphatic heterocycles. The Bertz CT molecular complexity index is 836. The third kappa shape index (κ3) is 4.64. The molecule has 6 nitrogen and oxygen atoms in total. The Morgan fingerprint density at radius 3 is 2.50 bits per heavy atom. The molecule has 1 saturated heterocycles. The van der Waals surface area contributed by atoms with Crippen LogP contribution in [0.1, 0.15) is 18.4 Å². The Balaban J connectivity index is 1.68. The van der Waals surface area contributed by atoms with Crippen LogP contribution in [-0.4, -0.2) is 38.7 Å². The quantitative estimate of drug-likeness (QED) is 0.753. The standard InChI is InChI=1S/C21H23ClN2O4/c1-27-18-8-7-16(22)13-17(18)24-20(26)19(25)23-14-21(9-11-28-12-10-21)15-5-3-2-4-6-15/h2-8,13H,9-12,14H2,1H3,(H,23,25)(H,24,26). The van der Waals surface area contributed by atoms with Crippen LogP contribution in [0.4, 0.5) is 5.69 Å². The molecule has 3 rings (SSSR count). The molecule has 1 aliphatic rings. The Kier molecular flexibility index (Phi) is 6.54. The lowest BCUT2D eigenvalue weighted by molar-refractivity contribution is -0.136. The van der Waals surface area contributed by atoms with Crippen LogP contribution in [0.25, 0.3) is 0 Å². The van der Waals surface area contributed by atoms with Crippen LogP contribution < -0.4 is 15.4 Å². The van der Waals surface area contributed by atoms with Gasteiger partial charge in [0.25, 0.3) is 0 Å². The van der Waals surface area contributed by atoms with Crippen molar-refractivity contribution >= 4 is 29.1 Å². The first-order chi connectivity index (χ1) is 13.5. The molecule has 0 atom stereocenters. The van der Waals surface area contributed by atoms with Crippen molar-refractivity contribution in [3.8, 4) is 5.75 Å². The molecule has 0 bridgehead atoms. The fourth-order valence-electron chi connectivity index (χ4n) is 3.41. The van der Waals surface area contributed by atoms with E-state index < -0.39 is 11.8 Å². The minimum Gasteiger partial charge on any atom is -0.495 e. The fourth-order valence-corrected chi connectivity index (χ4v) is 3.58. The predicted octanol–water partition coefficient (Wildman–Crippen LogP) is 3.15. The molecule has 2 aromatic rings. The van der Waals surface area contributed by atoms with Crippen molar-refractivity contribution in [1.29, 1.82) is 0 Å². The number of rotatable bonds is 5. The van der Waals surface area contributed by atoms with E-state index in [4.69, 9.17) is 21.1 Å². The molecule has 2 aromatic carbocycles. The van der Waals surface area contributed by atoms with E-state index in [0.29, 0.717) is 36.2 Å². The summed E-state index contributed by atoms with van der Waals surface area (Å²) in [6, 6.07) is 14.8. The normalized spacial score (nSPS) is 15.5. The summed E-state index contributed by atoms with van der Waals surface area (Å²) in [5.74, 6) is -1.05. The number of hydrogen-bond acceptors (Lipinski definition) is 4. The molecule has 0 radical (unpaired) electrons. The highest BCUT2D eigenvalue weighted by molar-refractivity contribution is 6.40.